The zero-order valence-corrected chi connectivity index (χ0v) is 13.3. The third kappa shape index (κ3) is 2.18. The van der Waals surface area contributed by atoms with E-state index in [4.69, 9.17) is 4.42 Å². The SMILES string of the molecule is O=C1CC2(CCN(S(=O)(=O)c3ccc(-c4ccn[nH]4)o3)C2)C(=O)N1. The molecule has 0 saturated carbocycles. The third-order valence-corrected chi connectivity index (χ3v) is 6.21. The minimum Gasteiger partial charge on any atom is -0.442 e. The molecule has 2 amide bonds. The van der Waals surface area contributed by atoms with E-state index in [2.05, 4.69) is 15.5 Å². The van der Waals surface area contributed by atoms with E-state index in [1.54, 1.807) is 6.07 Å². The average Bonchev–Trinajstić information content (AvgIpc) is 3.29. The van der Waals surface area contributed by atoms with E-state index < -0.39 is 21.3 Å². The Balaban J connectivity index is 1.60. The lowest BCUT2D eigenvalue weighted by Gasteiger charge is -2.19. The van der Waals surface area contributed by atoms with Crippen molar-refractivity contribution in [3.8, 4) is 11.5 Å². The summed E-state index contributed by atoms with van der Waals surface area (Å²) >= 11 is 0. The molecular formula is C14H14N4O5S. The number of aromatic nitrogens is 2. The summed E-state index contributed by atoms with van der Waals surface area (Å²) in [5.74, 6) is -0.407. The Morgan fingerprint density at radius 3 is 2.75 bits per heavy atom. The summed E-state index contributed by atoms with van der Waals surface area (Å²) in [6, 6.07) is 4.57. The average molecular weight is 350 g/mol. The van der Waals surface area contributed by atoms with E-state index in [1.807, 2.05) is 0 Å². The fourth-order valence-corrected chi connectivity index (χ4v) is 4.62. The van der Waals surface area contributed by atoms with Crippen LogP contribution in [0.4, 0.5) is 0 Å². The first-order chi connectivity index (χ1) is 11.4. The molecule has 1 unspecified atom stereocenters. The quantitative estimate of drug-likeness (QED) is 0.756. The Morgan fingerprint density at radius 1 is 1.25 bits per heavy atom. The van der Waals surface area contributed by atoms with Crippen molar-refractivity contribution in [2.24, 2.45) is 5.41 Å². The first-order valence-electron chi connectivity index (χ1n) is 7.35. The van der Waals surface area contributed by atoms with Crippen molar-refractivity contribution in [2.75, 3.05) is 13.1 Å². The number of furan rings is 1. The Morgan fingerprint density at radius 2 is 2.08 bits per heavy atom. The van der Waals surface area contributed by atoms with Gasteiger partial charge < -0.3 is 4.42 Å². The number of rotatable bonds is 3. The highest BCUT2D eigenvalue weighted by molar-refractivity contribution is 7.89. The maximum Gasteiger partial charge on any atom is 0.276 e. The molecule has 2 N–H and O–H groups in total. The van der Waals surface area contributed by atoms with E-state index in [0.29, 0.717) is 17.9 Å². The summed E-state index contributed by atoms with van der Waals surface area (Å²) in [5.41, 5.74) is -0.390. The number of carbonyl (C=O) groups is 2. The number of carbonyl (C=O) groups excluding carboxylic acids is 2. The van der Waals surface area contributed by atoms with Gasteiger partial charge in [-0.2, -0.15) is 9.40 Å². The first kappa shape index (κ1) is 15.1. The summed E-state index contributed by atoms with van der Waals surface area (Å²) in [6.07, 6.45) is 1.87. The second kappa shape index (κ2) is 5.02. The van der Waals surface area contributed by atoms with Gasteiger partial charge in [0.15, 0.2) is 5.76 Å². The number of amides is 2. The summed E-state index contributed by atoms with van der Waals surface area (Å²) in [6.45, 7) is 0.149. The minimum absolute atomic E-state index is 0.0208. The normalized spacial score (nSPS) is 24.8. The highest BCUT2D eigenvalue weighted by atomic mass is 32.2. The largest absolute Gasteiger partial charge is 0.442 e. The molecule has 4 heterocycles. The van der Waals surface area contributed by atoms with Crippen LogP contribution in [0.1, 0.15) is 12.8 Å². The summed E-state index contributed by atoms with van der Waals surface area (Å²) in [4.78, 5) is 23.4. The standard InChI is InChI=1S/C14H14N4O5S/c19-11-7-14(13(20)16-11)4-6-18(8-14)24(21,22)12-2-1-10(23-12)9-3-5-15-17-9/h1-3,5H,4,6-8H2,(H,15,17)(H,16,19,20). The van der Waals surface area contributed by atoms with Gasteiger partial charge in [0.2, 0.25) is 16.9 Å². The predicted molar refractivity (Wildman–Crippen MR) is 79.9 cm³/mol. The topological polar surface area (TPSA) is 125 Å². The number of aromatic amines is 1. The molecule has 0 bridgehead atoms. The molecule has 10 heteroatoms. The van der Waals surface area contributed by atoms with Gasteiger partial charge in [-0.3, -0.25) is 20.0 Å². The molecule has 2 aromatic heterocycles. The Bertz CT molecular complexity index is 917. The van der Waals surface area contributed by atoms with Crippen LogP contribution in [0.2, 0.25) is 0 Å². The van der Waals surface area contributed by atoms with Crippen molar-refractivity contribution in [1.29, 1.82) is 0 Å². The third-order valence-electron chi connectivity index (χ3n) is 4.49. The van der Waals surface area contributed by atoms with Gasteiger partial charge in [0.25, 0.3) is 10.0 Å². The monoisotopic (exact) mass is 350 g/mol. The lowest BCUT2D eigenvalue weighted by molar-refractivity contribution is -0.128. The van der Waals surface area contributed by atoms with Gasteiger partial charge in [-0.15, -0.1) is 0 Å². The minimum atomic E-state index is -3.87. The fourth-order valence-electron chi connectivity index (χ4n) is 3.18. The van der Waals surface area contributed by atoms with E-state index in [9.17, 15) is 18.0 Å². The molecule has 9 nitrogen and oxygen atoms in total. The van der Waals surface area contributed by atoms with Crippen LogP contribution in [0.25, 0.3) is 11.5 Å². The van der Waals surface area contributed by atoms with Crippen LogP contribution in [0.3, 0.4) is 0 Å². The molecule has 24 heavy (non-hydrogen) atoms. The van der Waals surface area contributed by atoms with E-state index >= 15 is 0 Å². The van der Waals surface area contributed by atoms with Gasteiger partial charge in [0.1, 0.15) is 5.69 Å². The van der Waals surface area contributed by atoms with E-state index in [-0.39, 0.29) is 30.5 Å². The molecule has 2 aliphatic rings. The van der Waals surface area contributed by atoms with Crippen molar-refractivity contribution < 1.29 is 22.4 Å². The summed E-state index contributed by atoms with van der Waals surface area (Å²) in [5, 5.41) is 8.54. The fraction of sp³-hybridized carbons (Fsp3) is 0.357. The zero-order chi connectivity index (χ0) is 16.9. The summed E-state index contributed by atoms with van der Waals surface area (Å²) < 4.78 is 32.1. The van der Waals surface area contributed by atoms with Crippen molar-refractivity contribution in [3.05, 3.63) is 24.4 Å². The van der Waals surface area contributed by atoms with Crippen molar-refractivity contribution in [1.82, 2.24) is 19.8 Å². The van der Waals surface area contributed by atoms with Gasteiger partial charge in [-0.1, -0.05) is 0 Å². The molecule has 2 aromatic rings. The molecule has 0 radical (unpaired) electrons. The van der Waals surface area contributed by atoms with Crippen LogP contribution in [0, 0.1) is 5.41 Å². The number of nitrogens with zero attached hydrogens (tertiary/aromatic N) is 2. The van der Waals surface area contributed by atoms with Crippen LogP contribution < -0.4 is 5.32 Å². The Labute approximate surface area is 137 Å². The van der Waals surface area contributed by atoms with E-state index in [1.165, 1.54) is 22.6 Å². The Hall–Kier alpha value is -2.46. The number of hydrogen-bond donors (Lipinski definition) is 2. The molecule has 0 aliphatic carbocycles. The van der Waals surface area contributed by atoms with Crippen molar-refractivity contribution in [3.63, 3.8) is 0 Å². The molecule has 2 saturated heterocycles. The van der Waals surface area contributed by atoms with Crippen molar-refractivity contribution in [2.45, 2.75) is 17.9 Å². The predicted octanol–water partition coefficient (Wildman–Crippen LogP) is 0.0970. The van der Waals surface area contributed by atoms with Gasteiger partial charge in [0, 0.05) is 25.7 Å². The van der Waals surface area contributed by atoms with Crippen LogP contribution in [0.15, 0.2) is 33.9 Å². The molecule has 0 aromatic carbocycles. The van der Waals surface area contributed by atoms with Crippen LogP contribution in [0.5, 0.6) is 0 Å². The second-order valence-corrected chi connectivity index (χ2v) is 7.88. The lowest BCUT2D eigenvalue weighted by atomic mass is 9.86. The molecule has 2 fully saturated rings. The second-order valence-electron chi connectivity index (χ2n) is 6.01. The van der Waals surface area contributed by atoms with Gasteiger partial charge in [-0.05, 0) is 24.6 Å². The highest BCUT2D eigenvalue weighted by Crippen LogP contribution is 2.40. The van der Waals surface area contributed by atoms with E-state index in [0.717, 1.165) is 0 Å². The number of nitrogens with one attached hydrogen (secondary N) is 2. The van der Waals surface area contributed by atoms with Gasteiger partial charge in [0.05, 0.1) is 5.41 Å². The highest BCUT2D eigenvalue weighted by Gasteiger charge is 2.53. The molecule has 126 valence electrons. The molecule has 1 atom stereocenters. The maximum absolute atomic E-state index is 12.7. The Kier molecular flexibility index (Phi) is 3.15. The number of imide groups is 1. The van der Waals surface area contributed by atoms with Gasteiger partial charge in [-0.25, -0.2) is 8.42 Å². The molecule has 2 aliphatic heterocycles. The first-order valence-corrected chi connectivity index (χ1v) is 8.79. The van der Waals surface area contributed by atoms with Crippen molar-refractivity contribution >= 4 is 21.8 Å². The number of H-pyrrole nitrogens is 1. The molecular weight excluding hydrogens is 336 g/mol. The van der Waals surface area contributed by atoms with Crippen LogP contribution in [-0.4, -0.2) is 47.8 Å². The molecule has 1 spiro atoms. The van der Waals surface area contributed by atoms with Crippen LogP contribution in [-0.2, 0) is 19.6 Å². The zero-order valence-electron chi connectivity index (χ0n) is 12.5. The molecule has 4 rings (SSSR count). The van der Waals surface area contributed by atoms with Gasteiger partial charge >= 0.3 is 0 Å². The summed E-state index contributed by atoms with van der Waals surface area (Å²) in [7, 11) is -3.87. The number of sulfonamides is 1. The number of hydrogen-bond acceptors (Lipinski definition) is 6. The smallest absolute Gasteiger partial charge is 0.276 e. The lowest BCUT2D eigenvalue weighted by Crippen LogP contribution is -2.36. The maximum atomic E-state index is 12.7. The van der Waals surface area contributed by atoms with Crippen LogP contribution >= 0.6 is 0 Å².